The van der Waals surface area contributed by atoms with Gasteiger partial charge in [0.1, 0.15) is 13.1 Å². The maximum Gasteiger partial charge on any atom is 1.00 e. The third kappa shape index (κ3) is 12.7. The van der Waals surface area contributed by atoms with Gasteiger partial charge in [0.2, 0.25) is 5.91 Å². The molecular formula is C15H28N2NaO6+. The SMILES string of the molecule is CCCCCCC(=O)NCC[N+](CCO)(CC(=O)[O-])CC(=O)O.[Na+]. The molecule has 0 heterocycles. The molecular weight excluding hydrogens is 327 g/mol. The molecule has 0 saturated heterocycles. The number of aliphatic hydroxyl groups excluding tert-OH is 1. The Morgan fingerprint density at radius 2 is 1.75 bits per heavy atom. The topological polar surface area (TPSA) is 127 Å². The number of hydrogen-bond acceptors (Lipinski definition) is 5. The number of rotatable bonds is 14. The molecule has 0 rings (SSSR count). The average Bonchev–Trinajstić information content (AvgIpc) is 2.42. The summed E-state index contributed by atoms with van der Waals surface area (Å²) in [6.07, 6.45) is 4.34. The molecule has 0 aliphatic heterocycles. The molecule has 1 unspecified atom stereocenters. The van der Waals surface area contributed by atoms with E-state index in [-0.39, 0.29) is 66.2 Å². The van der Waals surface area contributed by atoms with Gasteiger partial charge in [0.05, 0.1) is 25.7 Å². The molecule has 9 heteroatoms. The fourth-order valence-electron chi connectivity index (χ4n) is 2.49. The number of amides is 1. The molecule has 1 atom stereocenters. The summed E-state index contributed by atoms with van der Waals surface area (Å²) < 4.78 is -0.357. The largest absolute Gasteiger partial charge is 1.00 e. The van der Waals surface area contributed by atoms with E-state index < -0.39 is 25.0 Å². The first-order chi connectivity index (χ1) is 10.8. The quantitative estimate of drug-likeness (QED) is 0.164. The van der Waals surface area contributed by atoms with Gasteiger partial charge in [-0.05, 0) is 6.42 Å². The van der Waals surface area contributed by atoms with Crippen molar-refractivity contribution in [1.29, 1.82) is 0 Å². The van der Waals surface area contributed by atoms with Gasteiger partial charge in [-0.2, -0.15) is 0 Å². The van der Waals surface area contributed by atoms with E-state index in [0.29, 0.717) is 6.42 Å². The zero-order chi connectivity index (χ0) is 17.7. The van der Waals surface area contributed by atoms with Crippen LogP contribution in [0.1, 0.15) is 39.0 Å². The summed E-state index contributed by atoms with van der Waals surface area (Å²) in [6.45, 7) is 1.03. The second-order valence-electron chi connectivity index (χ2n) is 5.76. The molecule has 0 aliphatic carbocycles. The molecule has 0 saturated carbocycles. The van der Waals surface area contributed by atoms with Crippen LogP contribution >= 0.6 is 0 Å². The second kappa shape index (κ2) is 14.7. The summed E-state index contributed by atoms with van der Waals surface area (Å²) in [4.78, 5) is 33.5. The zero-order valence-electron chi connectivity index (χ0n) is 14.8. The van der Waals surface area contributed by atoms with Crippen LogP contribution in [0, 0.1) is 0 Å². The van der Waals surface area contributed by atoms with E-state index in [2.05, 4.69) is 12.2 Å². The summed E-state index contributed by atoms with van der Waals surface area (Å²) >= 11 is 0. The summed E-state index contributed by atoms with van der Waals surface area (Å²) in [5.74, 6) is -2.68. The molecule has 24 heavy (non-hydrogen) atoms. The van der Waals surface area contributed by atoms with Crippen molar-refractivity contribution in [2.45, 2.75) is 39.0 Å². The van der Waals surface area contributed by atoms with Crippen LogP contribution < -0.4 is 40.0 Å². The number of hydrogen-bond donors (Lipinski definition) is 3. The fourth-order valence-corrected chi connectivity index (χ4v) is 2.49. The van der Waals surface area contributed by atoms with E-state index in [1.807, 2.05) is 0 Å². The first-order valence-corrected chi connectivity index (χ1v) is 7.99. The summed E-state index contributed by atoms with van der Waals surface area (Å²) in [6, 6.07) is 0. The molecule has 0 aromatic rings. The van der Waals surface area contributed by atoms with Crippen molar-refractivity contribution < 1.29 is 63.7 Å². The number of nitrogens with one attached hydrogen (secondary N) is 1. The van der Waals surface area contributed by atoms with Crippen LogP contribution in [0.25, 0.3) is 0 Å². The van der Waals surface area contributed by atoms with Crippen LogP contribution in [0.3, 0.4) is 0 Å². The fraction of sp³-hybridized carbons (Fsp3) is 0.800. The Morgan fingerprint density at radius 3 is 2.25 bits per heavy atom. The van der Waals surface area contributed by atoms with Crippen molar-refractivity contribution in [1.82, 2.24) is 5.32 Å². The van der Waals surface area contributed by atoms with Gasteiger partial charge in [0.15, 0.2) is 6.54 Å². The number of carboxylic acid groups (broad SMARTS) is 2. The third-order valence-corrected chi connectivity index (χ3v) is 3.68. The van der Waals surface area contributed by atoms with Crippen molar-refractivity contribution in [2.75, 3.05) is 39.3 Å². The number of aliphatic carboxylic acids is 2. The van der Waals surface area contributed by atoms with Crippen LogP contribution in [0.15, 0.2) is 0 Å². The van der Waals surface area contributed by atoms with Gasteiger partial charge in [-0.25, -0.2) is 4.79 Å². The standard InChI is InChI=1S/C15H28N2O6.Na/c1-2-3-4-5-6-13(19)16-7-8-17(9-10-18,11-14(20)21)12-15(22)23;/h18H,2-12H2,1H3,(H2-,16,19,20,21,22,23);/q;+1. The Kier molecular flexibility index (Phi) is 15.6. The van der Waals surface area contributed by atoms with E-state index in [9.17, 15) is 19.5 Å². The zero-order valence-corrected chi connectivity index (χ0v) is 16.8. The predicted molar refractivity (Wildman–Crippen MR) is 81.2 cm³/mol. The van der Waals surface area contributed by atoms with E-state index in [1.54, 1.807) is 0 Å². The first-order valence-electron chi connectivity index (χ1n) is 7.99. The minimum absolute atomic E-state index is 0. The third-order valence-electron chi connectivity index (χ3n) is 3.68. The van der Waals surface area contributed by atoms with Gasteiger partial charge in [0, 0.05) is 6.42 Å². The Labute approximate surface area is 165 Å². The molecule has 0 aromatic carbocycles. The van der Waals surface area contributed by atoms with Crippen molar-refractivity contribution in [3.8, 4) is 0 Å². The number of carboxylic acids is 2. The van der Waals surface area contributed by atoms with Gasteiger partial charge in [-0.3, -0.25) is 4.79 Å². The Balaban J connectivity index is 0. The van der Waals surface area contributed by atoms with Crippen molar-refractivity contribution in [2.24, 2.45) is 0 Å². The van der Waals surface area contributed by atoms with Crippen molar-refractivity contribution in [3.05, 3.63) is 0 Å². The molecule has 0 bridgehead atoms. The van der Waals surface area contributed by atoms with E-state index in [4.69, 9.17) is 10.2 Å². The number of carbonyl (C=O) groups excluding carboxylic acids is 2. The maximum atomic E-state index is 11.7. The van der Waals surface area contributed by atoms with Crippen LogP contribution in [0.4, 0.5) is 0 Å². The molecule has 0 aliphatic rings. The van der Waals surface area contributed by atoms with Crippen LogP contribution in [-0.4, -0.2) is 71.9 Å². The molecule has 0 aromatic heterocycles. The van der Waals surface area contributed by atoms with Crippen LogP contribution in [-0.2, 0) is 14.4 Å². The van der Waals surface area contributed by atoms with Gasteiger partial charge < -0.3 is 29.9 Å². The van der Waals surface area contributed by atoms with E-state index in [0.717, 1.165) is 25.7 Å². The molecule has 0 spiro atoms. The first kappa shape index (κ1) is 25.6. The predicted octanol–water partition coefficient (Wildman–Crippen LogP) is -4.28. The smallest absolute Gasteiger partial charge is 0.544 e. The molecule has 1 amide bonds. The van der Waals surface area contributed by atoms with Crippen LogP contribution in [0.2, 0.25) is 0 Å². The monoisotopic (exact) mass is 355 g/mol. The Morgan fingerprint density at radius 1 is 1.08 bits per heavy atom. The average molecular weight is 355 g/mol. The summed E-state index contributed by atoms with van der Waals surface area (Å²) in [7, 11) is 0. The normalized spacial score (nSPS) is 12.8. The number of carbonyl (C=O) groups is 3. The van der Waals surface area contributed by atoms with Gasteiger partial charge in [-0.15, -0.1) is 0 Å². The maximum absolute atomic E-state index is 11.7. The molecule has 3 N–H and O–H groups in total. The van der Waals surface area contributed by atoms with Crippen molar-refractivity contribution in [3.63, 3.8) is 0 Å². The van der Waals surface area contributed by atoms with Gasteiger partial charge in [-0.1, -0.05) is 26.2 Å². The van der Waals surface area contributed by atoms with Gasteiger partial charge >= 0.3 is 35.5 Å². The molecule has 0 radical (unpaired) electrons. The number of unbranched alkanes of at least 4 members (excludes halogenated alkanes) is 3. The van der Waals surface area contributed by atoms with E-state index in [1.165, 1.54) is 0 Å². The summed E-state index contributed by atoms with van der Waals surface area (Å²) in [5, 5.41) is 31.6. The Bertz CT molecular complexity index is 376. The second-order valence-corrected chi connectivity index (χ2v) is 5.76. The van der Waals surface area contributed by atoms with Gasteiger partial charge in [0.25, 0.3) is 0 Å². The van der Waals surface area contributed by atoms with Crippen molar-refractivity contribution >= 4 is 17.8 Å². The number of nitrogens with zero attached hydrogens (tertiary/aromatic N) is 1. The summed E-state index contributed by atoms with van der Waals surface area (Å²) in [5.41, 5.74) is 0. The van der Waals surface area contributed by atoms with Crippen LogP contribution in [0.5, 0.6) is 0 Å². The van der Waals surface area contributed by atoms with E-state index >= 15 is 0 Å². The molecule has 134 valence electrons. The molecule has 0 fully saturated rings. The Hall–Kier alpha value is -0.670. The minimum atomic E-state index is -1.38. The molecule has 8 nitrogen and oxygen atoms in total. The minimum Gasteiger partial charge on any atom is -0.544 e. The number of quaternary nitrogens is 1. The number of aliphatic hydroxyl groups is 1.